The van der Waals surface area contributed by atoms with Crippen molar-refractivity contribution in [3.05, 3.63) is 34.3 Å². The number of benzene rings is 1. The summed E-state index contributed by atoms with van der Waals surface area (Å²) in [5.41, 5.74) is 1.07. The van der Waals surface area contributed by atoms with E-state index in [4.69, 9.17) is 11.6 Å². The summed E-state index contributed by atoms with van der Waals surface area (Å²) in [5.74, 6) is 0. The summed E-state index contributed by atoms with van der Waals surface area (Å²) in [4.78, 5) is 0. The lowest BCUT2D eigenvalue weighted by molar-refractivity contribution is 0.668. The van der Waals surface area contributed by atoms with Gasteiger partial charge in [-0.3, -0.25) is 0 Å². The summed E-state index contributed by atoms with van der Waals surface area (Å²) in [6.45, 7) is 4.18. The lowest BCUT2D eigenvalue weighted by Crippen LogP contribution is -2.17. The number of hydrogen-bond donors (Lipinski definition) is 1. The van der Waals surface area contributed by atoms with E-state index in [-0.39, 0.29) is 0 Å². The Kier molecular flexibility index (Phi) is 5.11. The van der Waals surface area contributed by atoms with Gasteiger partial charge >= 0.3 is 0 Å². The van der Waals surface area contributed by atoms with Gasteiger partial charge in [-0.05, 0) is 25.1 Å². The molecule has 1 aromatic heterocycles. The molecule has 0 aliphatic rings. The van der Waals surface area contributed by atoms with E-state index in [9.17, 15) is 0 Å². The minimum atomic E-state index is 0.743. The molecule has 0 saturated carbocycles. The molecule has 0 aliphatic carbocycles. The molecule has 0 bridgehead atoms. The number of hydrogen-bond acceptors (Lipinski definition) is 4. The predicted octanol–water partition coefficient (Wildman–Crippen LogP) is 3.40. The van der Waals surface area contributed by atoms with Gasteiger partial charge in [0.2, 0.25) is 0 Å². The van der Waals surface area contributed by atoms with Gasteiger partial charge in [-0.1, -0.05) is 42.0 Å². The first-order chi connectivity index (χ1) is 8.79. The first kappa shape index (κ1) is 13.5. The number of nitrogens with zero attached hydrogens (tertiary/aromatic N) is 2. The van der Waals surface area contributed by atoms with E-state index in [1.54, 1.807) is 11.3 Å². The van der Waals surface area contributed by atoms with E-state index in [2.05, 4.69) is 22.4 Å². The van der Waals surface area contributed by atoms with Crippen molar-refractivity contribution in [2.45, 2.75) is 19.8 Å². The Morgan fingerprint density at radius 3 is 2.67 bits per heavy atom. The third-order valence-electron chi connectivity index (χ3n) is 2.50. The van der Waals surface area contributed by atoms with Crippen LogP contribution in [0.15, 0.2) is 24.3 Å². The second-order valence-electron chi connectivity index (χ2n) is 4.01. The normalized spacial score (nSPS) is 10.8. The fourth-order valence-electron chi connectivity index (χ4n) is 1.56. The van der Waals surface area contributed by atoms with Crippen LogP contribution < -0.4 is 5.32 Å². The topological polar surface area (TPSA) is 37.8 Å². The largest absolute Gasteiger partial charge is 0.316 e. The Balaban J connectivity index is 1.95. The molecule has 0 spiro atoms. The highest BCUT2D eigenvalue weighted by Crippen LogP contribution is 2.24. The molecule has 5 heteroatoms. The van der Waals surface area contributed by atoms with Gasteiger partial charge in [0.15, 0.2) is 0 Å². The van der Waals surface area contributed by atoms with Gasteiger partial charge in [-0.2, -0.15) is 0 Å². The first-order valence-electron chi connectivity index (χ1n) is 6.08. The molecule has 0 atom stereocenters. The second-order valence-corrected chi connectivity index (χ2v) is 5.51. The molecule has 0 radical (unpaired) electrons. The molecule has 1 heterocycles. The summed E-state index contributed by atoms with van der Waals surface area (Å²) >= 11 is 7.51. The van der Waals surface area contributed by atoms with Crippen LogP contribution in [0.25, 0.3) is 10.6 Å². The zero-order chi connectivity index (χ0) is 12.8. The van der Waals surface area contributed by atoms with E-state index in [1.165, 1.54) is 0 Å². The van der Waals surface area contributed by atoms with Crippen LogP contribution in [0.3, 0.4) is 0 Å². The molecule has 1 aromatic carbocycles. The minimum Gasteiger partial charge on any atom is -0.316 e. The summed E-state index contributed by atoms with van der Waals surface area (Å²) < 4.78 is 0. The highest BCUT2D eigenvalue weighted by atomic mass is 35.5. The van der Waals surface area contributed by atoms with E-state index in [0.717, 1.165) is 46.5 Å². The standard InChI is InChI=1S/C13H16ClN3S/c1-2-8-15-9-7-12-16-17-13(18-12)10-3-5-11(14)6-4-10/h3-6,15H,2,7-9H2,1H3. The highest BCUT2D eigenvalue weighted by molar-refractivity contribution is 7.14. The third kappa shape index (κ3) is 3.77. The molecule has 2 rings (SSSR count). The van der Waals surface area contributed by atoms with Crippen LogP contribution in [0.1, 0.15) is 18.4 Å². The number of rotatable bonds is 6. The maximum atomic E-state index is 5.86. The molecule has 18 heavy (non-hydrogen) atoms. The summed E-state index contributed by atoms with van der Waals surface area (Å²) in [6, 6.07) is 7.70. The van der Waals surface area contributed by atoms with E-state index in [0.29, 0.717) is 0 Å². The molecule has 0 aliphatic heterocycles. The van der Waals surface area contributed by atoms with Crippen molar-refractivity contribution in [2.75, 3.05) is 13.1 Å². The predicted molar refractivity (Wildman–Crippen MR) is 77.2 cm³/mol. The van der Waals surface area contributed by atoms with Crippen LogP contribution in [0.5, 0.6) is 0 Å². The summed E-state index contributed by atoms with van der Waals surface area (Å²) in [6.07, 6.45) is 2.09. The van der Waals surface area contributed by atoms with Gasteiger partial charge in [-0.25, -0.2) is 0 Å². The average molecular weight is 282 g/mol. The van der Waals surface area contributed by atoms with Crippen molar-refractivity contribution in [3.8, 4) is 10.6 Å². The van der Waals surface area contributed by atoms with Gasteiger partial charge in [0.05, 0.1) is 0 Å². The molecule has 1 N–H and O–H groups in total. The van der Waals surface area contributed by atoms with Crippen molar-refractivity contribution in [3.63, 3.8) is 0 Å². The first-order valence-corrected chi connectivity index (χ1v) is 7.28. The van der Waals surface area contributed by atoms with E-state index in [1.807, 2.05) is 24.3 Å². The molecular weight excluding hydrogens is 266 g/mol. The molecule has 0 fully saturated rings. The fourth-order valence-corrected chi connectivity index (χ4v) is 2.53. The van der Waals surface area contributed by atoms with Crippen molar-refractivity contribution in [1.29, 1.82) is 0 Å². The van der Waals surface area contributed by atoms with Crippen molar-refractivity contribution in [1.82, 2.24) is 15.5 Å². The van der Waals surface area contributed by atoms with Crippen LogP contribution in [-0.4, -0.2) is 23.3 Å². The van der Waals surface area contributed by atoms with Gasteiger partial charge in [-0.15, -0.1) is 10.2 Å². The van der Waals surface area contributed by atoms with Crippen molar-refractivity contribution in [2.24, 2.45) is 0 Å². The molecule has 0 unspecified atom stereocenters. The van der Waals surface area contributed by atoms with Crippen LogP contribution in [0, 0.1) is 0 Å². The SMILES string of the molecule is CCCNCCc1nnc(-c2ccc(Cl)cc2)s1. The van der Waals surface area contributed by atoms with Crippen LogP contribution in [0.2, 0.25) is 5.02 Å². The van der Waals surface area contributed by atoms with Crippen LogP contribution in [-0.2, 0) is 6.42 Å². The zero-order valence-electron chi connectivity index (χ0n) is 10.3. The maximum Gasteiger partial charge on any atom is 0.147 e. The molecular formula is C13H16ClN3S. The smallest absolute Gasteiger partial charge is 0.147 e. The summed E-state index contributed by atoms with van der Waals surface area (Å²) in [5, 5.41) is 14.6. The van der Waals surface area contributed by atoms with Gasteiger partial charge in [0.25, 0.3) is 0 Å². The van der Waals surface area contributed by atoms with Crippen molar-refractivity contribution >= 4 is 22.9 Å². The Labute approximate surface area is 116 Å². The molecule has 0 amide bonds. The molecule has 0 saturated heterocycles. The third-order valence-corrected chi connectivity index (χ3v) is 3.78. The average Bonchev–Trinajstić information content (AvgIpc) is 2.84. The van der Waals surface area contributed by atoms with Crippen molar-refractivity contribution < 1.29 is 0 Å². The number of aromatic nitrogens is 2. The van der Waals surface area contributed by atoms with E-state index >= 15 is 0 Å². The van der Waals surface area contributed by atoms with Crippen LogP contribution >= 0.6 is 22.9 Å². The minimum absolute atomic E-state index is 0.743. The molecule has 96 valence electrons. The van der Waals surface area contributed by atoms with Gasteiger partial charge in [0, 0.05) is 23.6 Å². The maximum absolute atomic E-state index is 5.86. The lowest BCUT2D eigenvalue weighted by atomic mass is 10.2. The Hall–Kier alpha value is -0.970. The Bertz CT molecular complexity index is 481. The number of nitrogens with one attached hydrogen (secondary N) is 1. The summed E-state index contributed by atoms with van der Waals surface area (Å²) in [7, 11) is 0. The van der Waals surface area contributed by atoms with Gasteiger partial charge in [0.1, 0.15) is 10.0 Å². The van der Waals surface area contributed by atoms with Gasteiger partial charge < -0.3 is 5.32 Å². The lowest BCUT2D eigenvalue weighted by Gasteiger charge is -1.98. The number of halogens is 1. The molecule has 2 aromatic rings. The Morgan fingerprint density at radius 2 is 1.94 bits per heavy atom. The quantitative estimate of drug-likeness (QED) is 0.825. The zero-order valence-corrected chi connectivity index (χ0v) is 11.9. The fraction of sp³-hybridized carbons (Fsp3) is 0.385. The monoisotopic (exact) mass is 281 g/mol. The van der Waals surface area contributed by atoms with Crippen LogP contribution in [0.4, 0.5) is 0 Å². The highest BCUT2D eigenvalue weighted by Gasteiger charge is 2.06. The second kappa shape index (κ2) is 6.83. The Morgan fingerprint density at radius 1 is 1.17 bits per heavy atom. The molecule has 3 nitrogen and oxygen atoms in total. The van der Waals surface area contributed by atoms with E-state index < -0.39 is 0 Å².